The largest absolute Gasteiger partial charge is 0.493 e. The van der Waals surface area contributed by atoms with Gasteiger partial charge in [0.1, 0.15) is 0 Å². The topological polar surface area (TPSA) is 47.6 Å². The molecule has 4 nitrogen and oxygen atoms in total. The van der Waals surface area contributed by atoms with Crippen molar-refractivity contribution in [2.45, 2.75) is 31.1 Å². The summed E-state index contributed by atoms with van der Waals surface area (Å²) >= 11 is 1.49. The minimum Gasteiger partial charge on any atom is -0.493 e. The summed E-state index contributed by atoms with van der Waals surface area (Å²) in [4.78, 5) is 12.7. The van der Waals surface area contributed by atoms with Gasteiger partial charge < -0.3 is 14.8 Å². The lowest BCUT2D eigenvalue weighted by Gasteiger charge is -2.09. The van der Waals surface area contributed by atoms with Crippen LogP contribution in [0.3, 0.4) is 0 Å². The maximum absolute atomic E-state index is 11.7. The molecular weight excluding hydrogens is 274 g/mol. The number of benzene rings is 1. The molecule has 0 aliphatic heterocycles. The fourth-order valence-corrected chi connectivity index (χ4v) is 2.46. The first-order valence-electron chi connectivity index (χ1n) is 6.82. The molecule has 0 heterocycles. The number of thioether (sulfide) groups is 1. The maximum atomic E-state index is 11.7. The van der Waals surface area contributed by atoms with Crippen LogP contribution in [0.25, 0.3) is 0 Å². The zero-order valence-corrected chi connectivity index (χ0v) is 13.2. The van der Waals surface area contributed by atoms with Crippen LogP contribution in [0.2, 0.25) is 0 Å². The number of hydrogen-bond acceptors (Lipinski definition) is 4. The van der Waals surface area contributed by atoms with Gasteiger partial charge in [0, 0.05) is 11.4 Å². The Kier molecular flexibility index (Phi) is 7.95. The minimum absolute atomic E-state index is 0.0703. The fourth-order valence-electron chi connectivity index (χ4n) is 1.71. The number of ether oxygens (including phenoxy) is 2. The van der Waals surface area contributed by atoms with Crippen LogP contribution in [0.15, 0.2) is 23.1 Å². The maximum Gasteiger partial charge on any atom is 0.230 e. The molecule has 1 aromatic carbocycles. The molecule has 0 fully saturated rings. The molecule has 0 aliphatic rings. The molecule has 0 spiro atoms. The second-order valence-corrected chi connectivity index (χ2v) is 5.41. The van der Waals surface area contributed by atoms with Crippen LogP contribution in [0.5, 0.6) is 11.5 Å². The van der Waals surface area contributed by atoms with Crippen LogP contribution < -0.4 is 14.8 Å². The van der Waals surface area contributed by atoms with Gasteiger partial charge in [-0.2, -0.15) is 0 Å². The molecule has 112 valence electrons. The van der Waals surface area contributed by atoms with Gasteiger partial charge in [-0.05, 0) is 24.6 Å². The summed E-state index contributed by atoms with van der Waals surface area (Å²) < 4.78 is 10.4. The third kappa shape index (κ3) is 5.74. The molecular formula is C15H23NO3S. The molecule has 0 atom stereocenters. The van der Waals surface area contributed by atoms with E-state index in [0.29, 0.717) is 17.3 Å². The number of methoxy groups -OCH3 is 2. The van der Waals surface area contributed by atoms with Crippen LogP contribution in [-0.2, 0) is 4.79 Å². The highest BCUT2D eigenvalue weighted by Gasteiger charge is 2.07. The Morgan fingerprint density at radius 2 is 1.95 bits per heavy atom. The van der Waals surface area contributed by atoms with Crippen molar-refractivity contribution in [1.82, 2.24) is 5.32 Å². The van der Waals surface area contributed by atoms with Gasteiger partial charge in [-0.25, -0.2) is 0 Å². The monoisotopic (exact) mass is 297 g/mol. The number of nitrogens with one attached hydrogen (secondary N) is 1. The van der Waals surface area contributed by atoms with Crippen molar-refractivity contribution >= 4 is 17.7 Å². The summed E-state index contributed by atoms with van der Waals surface area (Å²) in [5.41, 5.74) is 0. The summed E-state index contributed by atoms with van der Waals surface area (Å²) in [7, 11) is 3.21. The van der Waals surface area contributed by atoms with Crippen molar-refractivity contribution in [3.63, 3.8) is 0 Å². The summed E-state index contributed by atoms with van der Waals surface area (Å²) in [6, 6.07) is 5.66. The van der Waals surface area contributed by atoms with Crippen LogP contribution in [0.1, 0.15) is 26.2 Å². The van der Waals surface area contributed by atoms with Gasteiger partial charge in [-0.15, -0.1) is 11.8 Å². The lowest BCUT2D eigenvalue weighted by atomic mass is 10.2. The smallest absolute Gasteiger partial charge is 0.230 e. The Bertz CT molecular complexity index is 424. The third-order valence-corrected chi connectivity index (χ3v) is 3.82. The summed E-state index contributed by atoms with van der Waals surface area (Å²) in [6.45, 7) is 2.91. The summed E-state index contributed by atoms with van der Waals surface area (Å²) in [5.74, 6) is 1.87. The molecule has 20 heavy (non-hydrogen) atoms. The van der Waals surface area contributed by atoms with Crippen molar-refractivity contribution in [2.24, 2.45) is 0 Å². The number of rotatable bonds is 9. The molecule has 1 aromatic rings. The van der Waals surface area contributed by atoms with Crippen LogP contribution in [0, 0.1) is 0 Å². The average molecular weight is 297 g/mol. The van der Waals surface area contributed by atoms with Crippen molar-refractivity contribution in [3.05, 3.63) is 18.2 Å². The second kappa shape index (κ2) is 9.53. The molecule has 0 bridgehead atoms. The highest BCUT2D eigenvalue weighted by molar-refractivity contribution is 8.00. The molecule has 1 rings (SSSR count). The van der Waals surface area contributed by atoms with E-state index in [1.165, 1.54) is 11.8 Å². The SMILES string of the molecule is CCCCCNC(=O)CSc1ccc(OC)c(OC)c1. The average Bonchev–Trinajstić information content (AvgIpc) is 2.49. The normalized spacial score (nSPS) is 10.2. The Morgan fingerprint density at radius 3 is 2.60 bits per heavy atom. The lowest BCUT2D eigenvalue weighted by Crippen LogP contribution is -2.26. The van der Waals surface area contributed by atoms with Gasteiger partial charge in [0.15, 0.2) is 11.5 Å². The first kappa shape index (κ1) is 16.7. The van der Waals surface area contributed by atoms with E-state index in [0.717, 1.165) is 30.7 Å². The molecule has 0 aromatic heterocycles. The summed E-state index contributed by atoms with van der Waals surface area (Å²) in [5, 5.41) is 2.92. The van der Waals surface area contributed by atoms with Crippen LogP contribution in [0.4, 0.5) is 0 Å². The van der Waals surface area contributed by atoms with Crippen molar-refractivity contribution in [3.8, 4) is 11.5 Å². The number of carbonyl (C=O) groups is 1. The van der Waals surface area contributed by atoms with Crippen molar-refractivity contribution in [1.29, 1.82) is 0 Å². The molecule has 0 aliphatic carbocycles. The molecule has 0 saturated heterocycles. The van der Waals surface area contributed by atoms with Gasteiger partial charge in [0.25, 0.3) is 0 Å². The number of hydrogen-bond donors (Lipinski definition) is 1. The molecule has 0 unspecified atom stereocenters. The van der Waals surface area contributed by atoms with E-state index in [9.17, 15) is 4.79 Å². The minimum atomic E-state index is 0.0703. The molecule has 5 heteroatoms. The highest BCUT2D eigenvalue weighted by Crippen LogP contribution is 2.31. The zero-order chi connectivity index (χ0) is 14.8. The standard InChI is InChI=1S/C15H23NO3S/c1-4-5-6-9-16-15(17)11-20-12-7-8-13(18-2)14(10-12)19-3/h7-8,10H,4-6,9,11H2,1-3H3,(H,16,17). The van der Waals surface area contributed by atoms with E-state index in [4.69, 9.17) is 9.47 Å². The first-order chi connectivity index (χ1) is 9.71. The second-order valence-electron chi connectivity index (χ2n) is 4.36. The Hall–Kier alpha value is -1.36. The van der Waals surface area contributed by atoms with E-state index < -0.39 is 0 Å². The molecule has 1 N–H and O–H groups in total. The molecule has 0 saturated carbocycles. The van der Waals surface area contributed by atoms with Gasteiger partial charge >= 0.3 is 0 Å². The fraction of sp³-hybridized carbons (Fsp3) is 0.533. The Balaban J connectivity index is 2.39. The Labute approximate surface area is 125 Å². The first-order valence-corrected chi connectivity index (χ1v) is 7.81. The predicted molar refractivity (Wildman–Crippen MR) is 82.8 cm³/mol. The van der Waals surface area contributed by atoms with E-state index in [2.05, 4.69) is 12.2 Å². The molecule has 0 radical (unpaired) electrons. The van der Waals surface area contributed by atoms with E-state index >= 15 is 0 Å². The van der Waals surface area contributed by atoms with Crippen molar-refractivity contribution < 1.29 is 14.3 Å². The third-order valence-electron chi connectivity index (χ3n) is 2.83. The Morgan fingerprint density at radius 1 is 1.20 bits per heavy atom. The predicted octanol–water partition coefficient (Wildman–Crippen LogP) is 3.10. The number of carbonyl (C=O) groups excluding carboxylic acids is 1. The zero-order valence-electron chi connectivity index (χ0n) is 12.4. The van der Waals surface area contributed by atoms with Crippen LogP contribution >= 0.6 is 11.8 Å². The van der Waals surface area contributed by atoms with Gasteiger partial charge in [-0.1, -0.05) is 19.8 Å². The van der Waals surface area contributed by atoms with Crippen LogP contribution in [-0.4, -0.2) is 32.4 Å². The van der Waals surface area contributed by atoms with Gasteiger partial charge in [-0.3, -0.25) is 4.79 Å². The van der Waals surface area contributed by atoms with E-state index in [-0.39, 0.29) is 5.91 Å². The summed E-state index contributed by atoms with van der Waals surface area (Å²) in [6.07, 6.45) is 3.36. The number of amides is 1. The van der Waals surface area contributed by atoms with E-state index in [1.54, 1.807) is 14.2 Å². The van der Waals surface area contributed by atoms with Gasteiger partial charge in [0.2, 0.25) is 5.91 Å². The van der Waals surface area contributed by atoms with Gasteiger partial charge in [0.05, 0.1) is 20.0 Å². The lowest BCUT2D eigenvalue weighted by molar-refractivity contribution is -0.118. The van der Waals surface area contributed by atoms with Crippen molar-refractivity contribution in [2.75, 3.05) is 26.5 Å². The quantitative estimate of drug-likeness (QED) is 0.562. The molecule has 1 amide bonds. The van der Waals surface area contributed by atoms with E-state index in [1.807, 2.05) is 18.2 Å². The highest BCUT2D eigenvalue weighted by atomic mass is 32.2. The number of unbranched alkanes of at least 4 members (excludes halogenated alkanes) is 2.